The Hall–Kier alpha value is -0.750. The number of rotatable bonds is 5. The number of aromatic nitrogens is 2. The molecular weight excluding hydrogens is 317 g/mol. The lowest BCUT2D eigenvalue weighted by atomic mass is 10.1. The molecule has 0 aliphatic rings. The van der Waals surface area contributed by atoms with Crippen LogP contribution in [0.3, 0.4) is 0 Å². The largest absolute Gasteiger partial charge is 0.410 e. The summed E-state index contributed by atoms with van der Waals surface area (Å²) < 4.78 is 5.60. The zero-order valence-corrected chi connectivity index (χ0v) is 13.6. The van der Waals surface area contributed by atoms with Gasteiger partial charge in [-0.2, -0.15) is 0 Å². The normalized spacial score (nSPS) is 12.9. The summed E-state index contributed by atoms with van der Waals surface area (Å²) in [5.41, 5.74) is 5.08. The van der Waals surface area contributed by atoms with Crippen LogP contribution >= 0.6 is 35.0 Å². The molecule has 2 rings (SSSR count). The van der Waals surface area contributed by atoms with Crippen LogP contribution in [-0.4, -0.2) is 10.2 Å². The summed E-state index contributed by atoms with van der Waals surface area (Å²) in [5, 5.41) is 9.70. The number of quaternary nitrogens is 1. The molecular formula is C13H16Cl2N3OS+. The van der Waals surface area contributed by atoms with Gasteiger partial charge in [-0.3, -0.25) is 0 Å². The van der Waals surface area contributed by atoms with Crippen molar-refractivity contribution >= 4 is 35.0 Å². The SMILES string of the molecule is CC(C)C([NH3+])c1nnc(SCc2ccc(Cl)c(Cl)c2)o1. The molecule has 0 bridgehead atoms. The zero-order chi connectivity index (χ0) is 14.7. The molecule has 0 amide bonds. The van der Waals surface area contributed by atoms with Crippen molar-refractivity contribution in [2.45, 2.75) is 30.9 Å². The summed E-state index contributed by atoms with van der Waals surface area (Å²) in [6.45, 7) is 4.15. The quantitative estimate of drug-likeness (QED) is 0.849. The highest BCUT2D eigenvalue weighted by molar-refractivity contribution is 7.98. The van der Waals surface area contributed by atoms with Crippen molar-refractivity contribution in [2.24, 2.45) is 5.92 Å². The van der Waals surface area contributed by atoms with E-state index in [2.05, 4.69) is 29.8 Å². The summed E-state index contributed by atoms with van der Waals surface area (Å²) >= 11 is 13.3. The van der Waals surface area contributed by atoms with Crippen molar-refractivity contribution in [3.63, 3.8) is 0 Å². The molecule has 3 N–H and O–H groups in total. The minimum absolute atomic E-state index is 0.0156. The molecule has 1 aromatic carbocycles. The fourth-order valence-corrected chi connectivity index (χ4v) is 2.52. The van der Waals surface area contributed by atoms with Gasteiger partial charge in [-0.05, 0) is 17.7 Å². The van der Waals surface area contributed by atoms with Gasteiger partial charge >= 0.3 is 0 Å². The molecule has 0 aliphatic heterocycles. The van der Waals surface area contributed by atoms with Gasteiger partial charge in [0.15, 0.2) is 6.04 Å². The summed E-state index contributed by atoms with van der Waals surface area (Å²) in [6, 6.07) is 5.56. The molecule has 1 heterocycles. The second kappa shape index (κ2) is 6.80. The van der Waals surface area contributed by atoms with Gasteiger partial charge in [0.05, 0.1) is 10.0 Å². The third-order valence-electron chi connectivity index (χ3n) is 2.89. The lowest BCUT2D eigenvalue weighted by molar-refractivity contribution is -0.443. The molecule has 0 fully saturated rings. The van der Waals surface area contributed by atoms with Crippen molar-refractivity contribution in [3.8, 4) is 0 Å². The maximum Gasteiger partial charge on any atom is 0.277 e. The first-order chi connectivity index (χ1) is 9.47. The van der Waals surface area contributed by atoms with Gasteiger partial charge in [0.25, 0.3) is 11.1 Å². The van der Waals surface area contributed by atoms with Crippen LogP contribution in [0, 0.1) is 5.92 Å². The molecule has 20 heavy (non-hydrogen) atoms. The Morgan fingerprint density at radius 2 is 2.00 bits per heavy atom. The van der Waals surface area contributed by atoms with Gasteiger partial charge in [0.2, 0.25) is 0 Å². The van der Waals surface area contributed by atoms with E-state index in [0.29, 0.717) is 32.8 Å². The summed E-state index contributed by atoms with van der Waals surface area (Å²) in [5.74, 6) is 1.64. The zero-order valence-electron chi connectivity index (χ0n) is 11.3. The number of hydrogen-bond donors (Lipinski definition) is 1. The highest BCUT2D eigenvalue weighted by atomic mass is 35.5. The van der Waals surface area contributed by atoms with Crippen LogP contribution < -0.4 is 5.73 Å². The van der Waals surface area contributed by atoms with E-state index >= 15 is 0 Å². The Morgan fingerprint density at radius 3 is 2.65 bits per heavy atom. The monoisotopic (exact) mass is 332 g/mol. The van der Waals surface area contributed by atoms with Gasteiger partial charge in [0.1, 0.15) is 0 Å². The maximum atomic E-state index is 5.98. The van der Waals surface area contributed by atoms with Crippen molar-refractivity contribution in [1.29, 1.82) is 0 Å². The Balaban J connectivity index is 1.99. The molecule has 108 valence electrons. The third kappa shape index (κ3) is 3.88. The van der Waals surface area contributed by atoms with Crippen LogP contribution in [0.25, 0.3) is 0 Å². The predicted molar refractivity (Wildman–Crippen MR) is 80.8 cm³/mol. The molecule has 1 aromatic heterocycles. The minimum atomic E-state index is 0.0156. The van der Waals surface area contributed by atoms with E-state index in [4.69, 9.17) is 27.6 Å². The van der Waals surface area contributed by atoms with Crippen LogP contribution in [0.5, 0.6) is 0 Å². The number of hydrogen-bond acceptors (Lipinski definition) is 4. The van der Waals surface area contributed by atoms with Crippen molar-refractivity contribution < 1.29 is 10.2 Å². The average Bonchev–Trinajstić information content (AvgIpc) is 2.88. The molecule has 1 unspecified atom stereocenters. The van der Waals surface area contributed by atoms with Crippen LogP contribution in [0.1, 0.15) is 31.3 Å². The van der Waals surface area contributed by atoms with E-state index in [1.807, 2.05) is 12.1 Å². The average molecular weight is 333 g/mol. The highest BCUT2D eigenvalue weighted by Crippen LogP contribution is 2.28. The lowest BCUT2D eigenvalue weighted by Crippen LogP contribution is -2.56. The maximum absolute atomic E-state index is 5.98. The van der Waals surface area contributed by atoms with Gasteiger partial charge in [-0.25, -0.2) is 0 Å². The molecule has 2 aromatic rings. The molecule has 0 saturated carbocycles. The number of nitrogens with zero attached hydrogens (tertiary/aromatic N) is 2. The first-order valence-electron chi connectivity index (χ1n) is 6.20. The number of benzene rings is 1. The molecule has 0 radical (unpaired) electrons. The highest BCUT2D eigenvalue weighted by Gasteiger charge is 2.21. The van der Waals surface area contributed by atoms with E-state index < -0.39 is 0 Å². The predicted octanol–water partition coefficient (Wildman–Crippen LogP) is 3.61. The van der Waals surface area contributed by atoms with Crippen LogP contribution in [0.2, 0.25) is 10.0 Å². The smallest absolute Gasteiger partial charge is 0.277 e. The fraction of sp³-hybridized carbons (Fsp3) is 0.385. The number of thioether (sulfide) groups is 1. The van der Waals surface area contributed by atoms with Gasteiger partial charge in [-0.15, -0.1) is 10.2 Å². The van der Waals surface area contributed by atoms with E-state index in [1.165, 1.54) is 11.8 Å². The molecule has 7 heteroatoms. The molecule has 0 aliphatic carbocycles. The minimum Gasteiger partial charge on any atom is -0.410 e. The topological polar surface area (TPSA) is 66.6 Å². The Kier molecular flexibility index (Phi) is 5.32. The van der Waals surface area contributed by atoms with Crippen LogP contribution in [-0.2, 0) is 5.75 Å². The van der Waals surface area contributed by atoms with Gasteiger partial charge in [-0.1, -0.05) is 54.9 Å². The Morgan fingerprint density at radius 1 is 1.25 bits per heavy atom. The molecule has 0 saturated heterocycles. The van der Waals surface area contributed by atoms with Crippen LogP contribution in [0.15, 0.2) is 27.8 Å². The Labute approximate surface area is 132 Å². The van der Waals surface area contributed by atoms with Gasteiger partial charge in [0, 0.05) is 11.7 Å². The van der Waals surface area contributed by atoms with E-state index in [-0.39, 0.29) is 6.04 Å². The Bertz CT molecular complexity index is 589. The van der Waals surface area contributed by atoms with Crippen LogP contribution in [0.4, 0.5) is 0 Å². The van der Waals surface area contributed by atoms with E-state index in [9.17, 15) is 0 Å². The van der Waals surface area contributed by atoms with Crippen molar-refractivity contribution in [3.05, 3.63) is 39.7 Å². The summed E-state index contributed by atoms with van der Waals surface area (Å²) in [4.78, 5) is 0. The lowest BCUT2D eigenvalue weighted by Gasteiger charge is -2.06. The second-order valence-corrected chi connectivity index (χ2v) is 6.53. The summed E-state index contributed by atoms with van der Waals surface area (Å²) in [7, 11) is 0. The standard InChI is InChI=1S/C13H15Cl2N3OS/c1-7(2)11(16)12-17-18-13(19-12)20-6-8-3-4-9(14)10(15)5-8/h3-5,7,11H,6,16H2,1-2H3/p+1. The molecule has 4 nitrogen and oxygen atoms in total. The van der Waals surface area contributed by atoms with Crippen molar-refractivity contribution in [1.82, 2.24) is 10.2 Å². The van der Waals surface area contributed by atoms with Gasteiger partial charge < -0.3 is 10.2 Å². The first kappa shape index (κ1) is 15.6. The first-order valence-corrected chi connectivity index (χ1v) is 7.94. The second-order valence-electron chi connectivity index (χ2n) is 4.79. The van der Waals surface area contributed by atoms with E-state index in [0.717, 1.165) is 5.56 Å². The van der Waals surface area contributed by atoms with E-state index in [1.54, 1.807) is 6.07 Å². The molecule has 1 atom stereocenters. The number of halogens is 2. The summed E-state index contributed by atoms with van der Waals surface area (Å²) in [6.07, 6.45) is 0. The fourth-order valence-electron chi connectivity index (χ4n) is 1.49. The molecule has 0 spiro atoms. The third-order valence-corrected chi connectivity index (χ3v) is 4.52. The van der Waals surface area contributed by atoms with Crippen molar-refractivity contribution in [2.75, 3.05) is 0 Å².